The zero-order valence-electron chi connectivity index (χ0n) is 13.9. The summed E-state index contributed by atoms with van der Waals surface area (Å²) >= 11 is 0. The predicted molar refractivity (Wildman–Crippen MR) is 93.8 cm³/mol. The van der Waals surface area contributed by atoms with Crippen LogP contribution in [0.15, 0.2) is 30.6 Å². The van der Waals surface area contributed by atoms with Gasteiger partial charge in [-0.1, -0.05) is 19.1 Å². The Morgan fingerprint density at radius 3 is 2.71 bits per heavy atom. The average molecular weight is 327 g/mol. The summed E-state index contributed by atoms with van der Waals surface area (Å²) in [6.45, 7) is 5.74. The fourth-order valence-electron chi connectivity index (χ4n) is 2.94. The van der Waals surface area contributed by atoms with Crippen molar-refractivity contribution in [2.75, 3.05) is 23.3 Å². The Hall–Kier alpha value is -2.70. The number of benzene rings is 1. The van der Waals surface area contributed by atoms with Gasteiger partial charge in [-0.15, -0.1) is 0 Å². The van der Waals surface area contributed by atoms with Crippen LogP contribution in [0, 0.1) is 23.0 Å². The van der Waals surface area contributed by atoms with Gasteiger partial charge < -0.3 is 10.2 Å². The number of anilines is 3. The first-order valence-corrected chi connectivity index (χ1v) is 8.12. The minimum atomic E-state index is -0.397. The monoisotopic (exact) mass is 327 g/mol. The van der Waals surface area contributed by atoms with Crippen molar-refractivity contribution >= 4 is 23.0 Å². The second-order valence-corrected chi connectivity index (χ2v) is 6.32. The van der Waals surface area contributed by atoms with Crippen molar-refractivity contribution in [1.29, 1.82) is 0 Å². The maximum Gasteiger partial charge on any atom is 0.353 e. The highest BCUT2D eigenvalue weighted by molar-refractivity contribution is 5.74. The van der Waals surface area contributed by atoms with Gasteiger partial charge in [-0.3, -0.25) is 10.1 Å². The van der Waals surface area contributed by atoms with Crippen LogP contribution >= 0.6 is 0 Å². The lowest BCUT2D eigenvalue weighted by Gasteiger charge is -2.30. The first-order chi connectivity index (χ1) is 11.5. The molecule has 1 saturated heterocycles. The SMILES string of the molecule is Cc1cccc(Nc2ncnc(N3CCC(C)CC3)c2[N+](=O)[O-])c1. The van der Waals surface area contributed by atoms with E-state index in [-0.39, 0.29) is 11.5 Å². The number of aryl methyl sites for hydroxylation is 1. The van der Waals surface area contributed by atoms with E-state index in [1.165, 1.54) is 6.33 Å². The molecular formula is C17H21N5O2. The standard InChI is InChI=1S/C17H21N5O2/c1-12-6-8-21(9-7-12)17-15(22(23)24)16(18-11-19-17)20-14-5-3-4-13(2)10-14/h3-5,10-12H,6-9H2,1-2H3,(H,18,19,20). The van der Waals surface area contributed by atoms with Crippen LogP contribution in [0.2, 0.25) is 0 Å². The zero-order valence-corrected chi connectivity index (χ0v) is 13.9. The second-order valence-electron chi connectivity index (χ2n) is 6.32. The predicted octanol–water partition coefficient (Wildman–Crippen LogP) is 3.67. The van der Waals surface area contributed by atoms with Crippen molar-refractivity contribution in [1.82, 2.24) is 9.97 Å². The Morgan fingerprint density at radius 2 is 2.04 bits per heavy atom. The molecule has 0 unspecified atom stereocenters. The number of nitrogens with one attached hydrogen (secondary N) is 1. The van der Waals surface area contributed by atoms with Gasteiger partial charge in [0.05, 0.1) is 4.92 Å². The minimum absolute atomic E-state index is 0.0615. The molecule has 0 spiro atoms. The van der Waals surface area contributed by atoms with Gasteiger partial charge in [-0.25, -0.2) is 9.97 Å². The van der Waals surface area contributed by atoms with E-state index in [0.29, 0.717) is 11.7 Å². The molecule has 0 radical (unpaired) electrons. The highest BCUT2D eigenvalue weighted by Crippen LogP contribution is 2.35. The minimum Gasteiger partial charge on any atom is -0.351 e. The molecule has 126 valence electrons. The second kappa shape index (κ2) is 6.82. The summed E-state index contributed by atoms with van der Waals surface area (Å²) in [7, 11) is 0. The van der Waals surface area contributed by atoms with Crippen LogP contribution in [0.1, 0.15) is 25.3 Å². The van der Waals surface area contributed by atoms with E-state index in [1.807, 2.05) is 36.1 Å². The van der Waals surface area contributed by atoms with Crippen LogP contribution in [0.5, 0.6) is 0 Å². The van der Waals surface area contributed by atoms with E-state index in [2.05, 4.69) is 22.2 Å². The van der Waals surface area contributed by atoms with Crippen molar-refractivity contribution < 1.29 is 4.92 Å². The van der Waals surface area contributed by atoms with E-state index < -0.39 is 4.92 Å². The van der Waals surface area contributed by atoms with Crippen LogP contribution in [-0.2, 0) is 0 Å². The Morgan fingerprint density at radius 1 is 1.29 bits per heavy atom. The van der Waals surface area contributed by atoms with E-state index in [9.17, 15) is 10.1 Å². The number of hydrogen-bond donors (Lipinski definition) is 1. The van der Waals surface area contributed by atoms with Crippen molar-refractivity contribution in [2.24, 2.45) is 5.92 Å². The van der Waals surface area contributed by atoms with Gasteiger partial charge in [0.1, 0.15) is 6.33 Å². The molecule has 7 heteroatoms. The van der Waals surface area contributed by atoms with Crippen molar-refractivity contribution in [2.45, 2.75) is 26.7 Å². The van der Waals surface area contributed by atoms with Crippen LogP contribution < -0.4 is 10.2 Å². The molecule has 1 aliphatic heterocycles. The Labute approximate surface area is 140 Å². The summed E-state index contributed by atoms with van der Waals surface area (Å²) in [5.41, 5.74) is 1.78. The van der Waals surface area contributed by atoms with Gasteiger partial charge in [0.15, 0.2) is 0 Å². The van der Waals surface area contributed by atoms with E-state index in [1.54, 1.807) is 0 Å². The van der Waals surface area contributed by atoms with Gasteiger partial charge in [0.2, 0.25) is 11.6 Å². The smallest absolute Gasteiger partial charge is 0.351 e. The topological polar surface area (TPSA) is 84.2 Å². The van der Waals surface area contributed by atoms with E-state index in [0.717, 1.165) is 37.2 Å². The molecule has 0 saturated carbocycles. The Bertz CT molecular complexity index is 742. The third kappa shape index (κ3) is 3.45. The van der Waals surface area contributed by atoms with Gasteiger partial charge in [-0.2, -0.15) is 0 Å². The zero-order chi connectivity index (χ0) is 17.1. The van der Waals surface area contributed by atoms with Gasteiger partial charge in [0.25, 0.3) is 0 Å². The first kappa shape index (κ1) is 16.2. The van der Waals surface area contributed by atoms with Gasteiger partial charge in [0, 0.05) is 18.8 Å². The summed E-state index contributed by atoms with van der Waals surface area (Å²) in [6.07, 6.45) is 3.42. The molecule has 2 heterocycles. The fraction of sp³-hybridized carbons (Fsp3) is 0.412. The van der Waals surface area contributed by atoms with Gasteiger partial charge in [-0.05, 0) is 43.4 Å². The lowest BCUT2D eigenvalue weighted by atomic mass is 9.99. The molecule has 1 aliphatic rings. The van der Waals surface area contributed by atoms with Gasteiger partial charge >= 0.3 is 5.69 Å². The van der Waals surface area contributed by atoms with Crippen LogP contribution in [0.4, 0.5) is 23.0 Å². The largest absolute Gasteiger partial charge is 0.353 e. The molecule has 7 nitrogen and oxygen atoms in total. The molecule has 2 aromatic rings. The maximum absolute atomic E-state index is 11.7. The third-order valence-electron chi connectivity index (χ3n) is 4.35. The maximum atomic E-state index is 11.7. The molecule has 3 rings (SSSR count). The van der Waals surface area contributed by atoms with E-state index >= 15 is 0 Å². The molecule has 0 amide bonds. The number of piperidine rings is 1. The molecule has 1 fully saturated rings. The number of nitro groups is 1. The molecule has 1 aromatic carbocycles. The molecule has 0 aliphatic carbocycles. The highest BCUT2D eigenvalue weighted by Gasteiger charge is 2.29. The summed E-state index contributed by atoms with van der Waals surface area (Å²) in [4.78, 5) is 21.6. The van der Waals surface area contributed by atoms with Crippen LogP contribution in [-0.4, -0.2) is 28.0 Å². The Balaban J connectivity index is 1.95. The fourth-order valence-corrected chi connectivity index (χ4v) is 2.94. The number of hydrogen-bond acceptors (Lipinski definition) is 6. The first-order valence-electron chi connectivity index (χ1n) is 8.12. The van der Waals surface area contributed by atoms with Crippen LogP contribution in [0.25, 0.3) is 0 Å². The number of aromatic nitrogens is 2. The lowest BCUT2D eigenvalue weighted by Crippen LogP contribution is -2.34. The highest BCUT2D eigenvalue weighted by atomic mass is 16.6. The molecular weight excluding hydrogens is 306 g/mol. The van der Waals surface area contributed by atoms with Crippen molar-refractivity contribution in [3.05, 3.63) is 46.3 Å². The molecule has 1 N–H and O–H groups in total. The van der Waals surface area contributed by atoms with Crippen molar-refractivity contribution in [3.8, 4) is 0 Å². The quantitative estimate of drug-likeness (QED) is 0.681. The summed E-state index contributed by atoms with van der Waals surface area (Å²) in [6, 6.07) is 7.66. The molecule has 0 atom stereocenters. The summed E-state index contributed by atoms with van der Waals surface area (Å²) < 4.78 is 0. The lowest BCUT2D eigenvalue weighted by molar-refractivity contribution is -0.383. The number of nitrogens with zero attached hydrogens (tertiary/aromatic N) is 4. The Kier molecular flexibility index (Phi) is 4.59. The van der Waals surface area contributed by atoms with Crippen molar-refractivity contribution in [3.63, 3.8) is 0 Å². The normalized spacial score (nSPS) is 15.3. The number of rotatable bonds is 4. The van der Waals surface area contributed by atoms with Crippen LogP contribution in [0.3, 0.4) is 0 Å². The summed E-state index contributed by atoms with van der Waals surface area (Å²) in [5, 5.41) is 14.7. The molecule has 0 bridgehead atoms. The average Bonchev–Trinajstić information content (AvgIpc) is 2.55. The summed E-state index contributed by atoms with van der Waals surface area (Å²) in [5.74, 6) is 1.28. The molecule has 24 heavy (non-hydrogen) atoms. The third-order valence-corrected chi connectivity index (χ3v) is 4.35. The van der Waals surface area contributed by atoms with E-state index in [4.69, 9.17) is 0 Å². The molecule has 1 aromatic heterocycles.